The molecule has 0 spiro atoms. The topological polar surface area (TPSA) is 72.8 Å². The molecule has 0 aromatic carbocycles. The Balaban J connectivity index is 5.56. The number of hydrogen-bond acceptors (Lipinski definition) is 4. The van der Waals surface area contributed by atoms with Gasteiger partial charge in [-0.15, -0.1) is 0 Å². The van der Waals surface area contributed by atoms with Gasteiger partial charge in [0.15, 0.2) is 5.50 Å². The fraction of sp³-hybridized carbons (Fsp3) is 0.818. The summed E-state index contributed by atoms with van der Waals surface area (Å²) in [6.45, 7) is 7.73. The van der Waals surface area contributed by atoms with Gasteiger partial charge < -0.3 is 13.9 Å². The van der Waals surface area contributed by atoms with Crippen molar-refractivity contribution >= 4 is 15.6 Å². The second-order valence-corrected chi connectivity index (χ2v) is 6.99. The number of hydrogen-bond donors (Lipinski definition) is 1. The average Bonchev–Trinajstić information content (AvgIpc) is 2.29. The second-order valence-electron chi connectivity index (χ2n) is 3.80. The Bertz CT molecular complexity index is 335. The average molecular weight is 298 g/mol. The third-order valence-electron chi connectivity index (χ3n) is 2.51. The van der Waals surface area contributed by atoms with Crippen molar-refractivity contribution in [2.24, 2.45) is 0 Å². The van der Waals surface area contributed by atoms with Gasteiger partial charge in [-0.3, -0.25) is 4.57 Å². The summed E-state index contributed by atoms with van der Waals surface area (Å²) in [7, 11) is -6.33. The van der Waals surface area contributed by atoms with E-state index in [0.717, 1.165) is 5.57 Å². The van der Waals surface area contributed by atoms with Crippen molar-refractivity contribution in [1.29, 1.82) is 0 Å². The molecule has 7 heteroatoms. The van der Waals surface area contributed by atoms with Gasteiger partial charge in [-0.05, 0) is 31.8 Å². The van der Waals surface area contributed by atoms with E-state index < -0.39 is 15.6 Å². The molecule has 0 fully saturated rings. The van der Waals surface area contributed by atoms with Crippen LogP contribution in [0.25, 0.3) is 0 Å². The van der Waals surface area contributed by atoms with Crippen LogP contribution in [0.5, 0.6) is 0 Å². The van der Waals surface area contributed by atoms with Crippen LogP contribution in [0.1, 0.15) is 47.0 Å². The van der Waals surface area contributed by atoms with Crippen molar-refractivity contribution in [2.75, 3.05) is 12.8 Å². The highest BCUT2D eigenvalue weighted by Crippen LogP contribution is 2.59. The van der Waals surface area contributed by atoms with Gasteiger partial charge in [0.2, 0.25) is 0 Å². The van der Waals surface area contributed by atoms with Gasteiger partial charge in [0.1, 0.15) is 0 Å². The molecule has 0 rings (SSSR count). The van der Waals surface area contributed by atoms with E-state index in [-0.39, 0.29) is 12.1 Å². The van der Waals surface area contributed by atoms with E-state index in [1.54, 1.807) is 6.92 Å². The molecule has 0 amide bonds. The van der Waals surface area contributed by atoms with Gasteiger partial charge >= 0.3 is 8.25 Å². The highest BCUT2D eigenvalue weighted by Gasteiger charge is 2.32. The monoisotopic (exact) mass is 298 g/mol. The summed E-state index contributed by atoms with van der Waals surface area (Å²) in [6, 6.07) is 0. The summed E-state index contributed by atoms with van der Waals surface area (Å²) >= 11 is 0. The van der Waals surface area contributed by atoms with Crippen LogP contribution in [0.2, 0.25) is 0 Å². The highest BCUT2D eigenvalue weighted by molar-refractivity contribution is 7.63. The lowest BCUT2D eigenvalue weighted by molar-refractivity contribution is 0.307. The lowest BCUT2D eigenvalue weighted by atomic mass is 10.2. The molecule has 18 heavy (non-hydrogen) atoms. The molecule has 0 saturated heterocycles. The Kier molecular flexibility index (Phi) is 8.89. The lowest BCUT2D eigenvalue weighted by Crippen LogP contribution is -2.02. The molecule has 0 saturated carbocycles. The predicted molar refractivity (Wildman–Crippen MR) is 74.3 cm³/mol. The summed E-state index contributed by atoms with van der Waals surface area (Å²) in [5.74, 6) is 0. The first-order chi connectivity index (χ1) is 8.45. The van der Waals surface area contributed by atoms with Crippen molar-refractivity contribution in [2.45, 2.75) is 47.0 Å². The Morgan fingerprint density at radius 3 is 2.11 bits per heavy atom. The highest BCUT2D eigenvalue weighted by atomic mass is 31.2. The summed E-state index contributed by atoms with van der Waals surface area (Å²) in [5, 5.41) is 0. The van der Waals surface area contributed by atoms with E-state index in [9.17, 15) is 9.13 Å². The first-order valence-electron chi connectivity index (χ1n) is 6.32. The minimum Gasteiger partial charge on any atom is -0.420 e. The number of allylic oxidation sites excluding steroid dienone is 1. The minimum absolute atomic E-state index is 0.114. The van der Waals surface area contributed by atoms with E-state index in [4.69, 9.17) is 13.9 Å². The molecule has 0 aromatic rings. The smallest absolute Gasteiger partial charge is 0.365 e. The van der Waals surface area contributed by atoms with Gasteiger partial charge in [-0.25, -0.2) is 4.57 Å². The van der Waals surface area contributed by atoms with Crippen LogP contribution in [0.15, 0.2) is 11.1 Å². The third kappa shape index (κ3) is 5.27. The predicted octanol–water partition coefficient (Wildman–Crippen LogP) is 4.14. The van der Waals surface area contributed by atoms with Crippen molar-refractivity contribution in [3.8, 4) is 0 Å². The molecule has 0 aliphatic heterocycles. The molecule has 0 aromatic heterocycles. The van der Waals surface area contributed by atoms with E-state index in [2.05, 4.69) is 0 Å². The van der Waals surface area contributed by atoms with Crippen molar-refractivity contribution in [1.82, 2.24) is 0 Å². The maximum Gasteiger partial charge on any atom is 0.365 e. The molecule has 2 unspecified atom stereocenters. The Morgan fingerprint density at radius 1 is 1.22 bits per heavy atom. The molecule has 1 N–H and O–H groups in total. The Labute approximate surface area is 110 Å². The zero-order valence-electron chi connectivity index (χ0n) is 11.6. The fourth-order valence-corrected chi connectivity index (χ4v) is 5.10. The van der Waals surface area contributed by atoms with Crippen LogP contribution in [-0.2, 0) is 18.2 Å². The molecular weight excluding hydrogens is 274 g/mol. The zero-order chi connectivity index (χ0) is 14.2. The van der Waals surface area contributed by atoms with Gasteiger partial charge in [0.05, 0.1) is 6.61 Å². The van der Waals surface area contributed by atoms with E-state index in [1.807, 2.05) is 20.8 Å². The maximum atomic E-state index is 12.8. The van der Waals surface area contributed by atoms with Crippen LogP contribution < -0.4 is 0 Å². The quantitative estimate of drug-likeness (QED) is 0.511. The Hall–Kier alpha value is -0.0800. The minimum atomic E-state index is -3.18. The first kappa shape index (κ1) is 17.9. The third-order valence-corrected chi connectivity index (χ3v) is 5.79. The van der Waals surface area contributed by atoms with Gasteiger partial charge in [-0.1, -0.05) is 20.8 Å². The fourth-order valence-electron chi connectivity index (χ4n) is 1.75. The van der Waals surface area contributed by atoms with Crippen LogP contribution in [-0.4, -0.2) is 17.7 Å². The molecule has 108 valence electrons. The summed E-state index contributed by atoms with van der Waals surface area (Å²) in [6.07, 6.45) is 2.25. The standard InChI is InChI=1S/C11H24O5P2/c1-5-9-18(14,15-8-4)11(16-17(12)13)10(6-2)7-3/h17H,5-9H2,1-4H3,(H,12,13). The zero-order valence-corrected chi connectivity index (χ0v) is 13.5. The van der Waals surface area contributed by atoms with E-state index in [0.29, 0.717) is 25.4 Å². The molecule has 0 heterocycles. The summed E-state index contributed by atoms with van der Waals surface area (Å²) in [4.78, 5) is 8.98. The first-order valence-corrected chi connectivity index (χ1v) is 9.39. The summed E-state index contributed by atoms with van der Waals surface area (Å²) in [5.41, 5.74) is 0.898. The SMILES string of the molecule is CCCP(=O)(OCC)C(O[PH](=O)O)=C(CC)CC. The van der Waals surface area contributed by atoms with Crippen LogP contribution in [0.3, 0.4) is 0 Å². The van der Waals surface area contributed by atoms with Crippen LogP contribution >= 0.6 is 15.6 Å². The molecule has 0 radical (unpaired) electrons. The van der Waals surface area contributed by atoms with Gasteiger partial charge in [-0.2, -0.15) is 0 Å². The molecule has 0 aliphatic rings. The lowest BCUT2D eigenvalue weighted by Gasteiger charge is -2.22. The largest absolute Gasteiger partial charge is 0.420 e. The van der Waals surface area contributed by atoms with Crippen LogP contribution in [0.4, 0.5) is 0 Å². The second kappa shape index (κ2) is 8.92. The normalized spacial score (nSPS) is 15.8. The molecular formula is C11H24O5P2. The van der Waals surface area contributed by atoms with Crippen LogP contribution in [0, 0.1) is 0 Å². The number of rotatable bonds is 9. The van der Waals surface area contributed by atoms with Gasteiger partial charge in [0, 0.05) is 6.16 Å². The summed E-state index contributed by atoms with van der Waals surface area (Å²) < 4.78 is 34.0. The maximum absolute atomic E-state index is 12.8. The van der Waals surface area contributed by atoms with Gasteiger partial charge in [0.25, 0.3) is 7.37 Å². The van der Waals surface area contributed by atoms with Crippen molar-refractivity contribution < 1.29 is 23.1 Å². The molecule has 0 aliphatic carbocycles. The van der Waals surface area contributed by atoms with Crippen molar-refractivity contribution in [3.05, 3.63) is 11.1 Å². The molecule has 5 nitrogen and oxygen atoms in total. The van der Waals surface area contributed by atoms with E-state index >= 15 is 0 Å². The Morgan fingerprint density at radius 2 is 1.78 bits per heavy atom. The molecule has 0 bridgehead atoms. The molecule has 2 atom stereocenters. The van der Waals surface area contributed by atoms with E-state index in [1.165, 1.54) is 0 Å². The van der Waals surface area contributed by atoms with Crippen molar-refractivity contribution in [3.63, 3.8) is 0 Å².